The van der Waals surface area contributed by atoms with Crippen LogP contribution in [0.3, 0.4) is 0 Å². The summed E-state index contributed by atoms with van der Waals surface area (Å²) in [6.45, 7) is -0.247. The van der Waals surface area contributed by atoms with Gasteiger partial charge in [0.05, 0.1) is 18.8 Å². The molecular weight excluding hydrogens is 425 g/mol. The van der Waals surface area contributed by atoms with Crippen LogP contribution in [0.5, 0.6) is 0 Å². The van der Waals surface area contributed by atoms with Crippen molar-refractivity contribution in [2.75, 3.05) is 13.7 Å². The lowest BCUT2D eigenvalue weighted by molar-refractivity contribution is -0.176. The van der Waals surface area contributed by atoms with E-state index in [1.165, 1.54) is 0 Å². The summed E-state index contributed by atoms with van der Waals surface area (Å²) < 4.78 is 41.1. The molecule has 0 aliphatic heterocycles. The van der Waals surface area contributed by atoms with E-state index >= 15 is 0 Å². The highest BCUT2D eigenvalue weighted by molar-refractivity contribution is 7.09. The normalized spacial score (nSPS) is 12.1. The zero-order chi connectivity index (χ0) is 22.1. The number of nitrogens with zero attached hydrogens (tertiary/aromatic N) is 2. The number of hydrogen-bond donors (Lipinski definition) is 2. The predicted molar refractivity (Wildman–Crippen MR) is 117 cm³/mol. The molecule has 0 aliphatic rings. The molecule has 0 spiro atoms. The fraction of sp³-hybridized carbons (Fsp3) is 0.273. The lowest BCUT2D eigenvalue weighted by atomic mass is 10.1. The summed E-state index contributed by atoms with van der Waals surface area (Å²) in [5.74, 6) is 0.633. The number of ether oxygens (including phenoxy) is 1. The Morgan fingerprint density at radius 3 is 2.35 bits per heavy atom. The quantitative estimate of drug-likeness (QED) is 0.386. The van der Waals surface area contributed by atoms with Crippen LogP contribution in [0.25, 0.3) is 11.3 Å². The molecule has 0 radical (unpaired) electrons. The molecule has 1 heterocycles. The Kier molecular flexibility index (Phi) is 8.02. The molecule has 0 aliphatic carbocycles. The second-order valence-electron chi connectivity index (χ2n) is 6.70. The molecular formula is C22H23F3N4OS. The molecule has 9 heteroatoms. The Labute approximate surface area is 183 Å². The van der Waals surface area contributed by atoms with E-state index in [9.17, 15) is 13.2 Å². The minimum absolute atomic E-state index is 0.0742. The van der Waals surface area contributed by atoms with E-state index in [1.807, 2.05) is 47.8 Å². The number of hydrogen-bond acceptors (Lipinski definition) is 4. The van der Waals surface area contributed by atoms with Crippen LogP contribution in [0.2, 0.25) is 0 Å². The zero-order valence-corrected chi connectivity index (χ0v) is 17.8. The second kappa shape index (κ2) is 10.9. The maximum Gasteiger partial charge on any atom is 0.411 e. The lowest BCUT2D eigenvalue weighted by Crippen LogP contribution is -2.36. The van der Waals surface area contributed by atoms with E-state index in [1.54, 1.807) is 30.5 Å². The van der Waals surface area contributed by atoms with E-state index < -0.39 is 12.8 Å². The van der Waals surface area contributed by atoms with Gasteiger partial charge in [0.1, 0.15) is 11.6 Å². The van der Waals surface area contributed by atoms with Gasteiger partial charge >= 0.3 is 6.18 Å². The first-order valence-electron chi connectivity index (χ1n) is 9.59. The van der Waals surface area contributed by atoms with Gasteiger partial charge in [-0.15, -0.1) is 11.3 Å². The van der Waals surface area contributed by atoms with Crippen molar-refractivity contribution in [3.63, 3.8) is 0 Å². The monoisotopic (exact) mass is 448 g/mol. The average molecular weight is 449 g/mol. The molecule has 1 aromatic heterocycles. The molecule has 0 saturated heterocycles. The van der Waals surface area contributed by atoms with Gasteiger partial charge in [-0.2, -0.15) is 13.2 Å². The minimum atomic E-state index is -4.31. The molecule has 2 N–H and O–H groups in total. The summed E-state index contributed by atoms with van der Waals surface area (Å²) in [6.07, 6.45) is -4.31. The van der Waals surface area contributed by atoms with Crippen molar-refractivity contribution in [2.24, 2.45) is 4.99 Å². The maximum atomic E-state index is 12.1. The van der Waals surface area contributed by atoms with E-state index in [0.29, 0.717) is 24.6 Å². The number of guanidine groups is 1. The van der Waals surface area contributed by atoms with Crippen molar-refractivity contribution >= 4 is 17.3 Å². The average Bonchev–Trinajstić information content (AvgIpc) is 3.24. The van der Waals surface area contributed by atoms with Gasteiger partial charge in [-0.1, -0.05) is 54.6 Å². The van der Waals surface area contributed by atoms with Crippen LogP contribution >= 0.6 is 11.3 Å². The van der Waals surface area contributed by atoms with Gasteiger partial charge in [0.2, 0.25) is 0 Å². The SMILES string of the molecule is CN=C(NCc1ccc(COCC(F)(F)F)cc1)NCc1nc(-c2ccccc2)cs1. The summed E-state index contributed by atoms with van der Waals surface area (Å²) in [6, 6.07) is 17.2. The molecule has 2 aromatic carbocycles. The molecule has 3 aromatic rings. The van der Waals surface area contributed by atoms with Crippen molar-refractivity contribution in [1.29, 1.82) is 0 Å². The maximum absolute atomic E-state index is 12.1. The van der Waals surface area contributed by atoms with E-state index in [2.05, 4.69) is 25.3 Å². The summed E-state index contributed by atoms with van der Waals surface area (Å²) in [7, 11) is 1.69. The Hall–Kier alpha value is -2.91. The zero-order valence-electron chi connectivity index (χ0n) is 16.9. The number of thiazole rings is 1. The smallest absolute Gasteiger partial charge is 0.367 e. The molecule has 0 amide bonds. The third-order valence-corrected chi connectivity index (χ3v) is 5.12. The second-order valence-corrected chi connectivity index (χ2v) is 7.64. The van der Waals surface area contributed by atoms with Gasteiger partial charge in [0.15, 0.2) is 5.96 Å². The molecule has 0 bridgehead atoms. The van der Waals surface area contributed by atoms with Gasteiger partial charge in [0, 0.05) is 24.5 Å². The number of nitrogens with one attached hydrogen (secondary N) is 2. The number of benzene rings is 2. The summed E-state index contributed by atoms with van der Waals surface area (Å²) in [5, 5.41) is 9.43. The third-order valence-electron chi connectivity index (χ3n) is 4.27. The lowest BCUT2D eigenvalue weighted by Gasteiger charge is -2.12. The minimum Gasteiger partial charge on any atom is -0.367 e. The van der Waals surface area contributed by atoms with Crippen molar-refractivity contribution in [1.82, 2.24) is 15.6 Å². The Morgan fingerprint density at radius 1 is 1.00 bits per heavy atom. The van der Waals surface area contributed by atoms with Crippen molar-refractivity contribution < 1.29 is 17.9 Å². The van der Waals surface area contributed by atoms with Crippen molar-refractivity contribution in [3.05, 3.63) is 76.1 Å². The number of aliphatic imine (C=N–C) groups is 1. The number of aromatic nitrogens is 1. The molecule has 0 unspecified atom stereocenters. The molecule has 164 valence electrons. The van der Waals surface area contributed by atoms with Gasteiger partial charge in [-0.05, 0) is 11.1 Å². The first-order chi connectivity index (χ1) is 14.9. The van der Waals surface area contributed by atoms with E-state index in [0.717, 1.165) is 21.8 Å². The van der Waals surface area contributed by atoms with Gasteiger partial charge in [-0.25, -0.2) is 4.98 Å². The Balaban J connectivity index is 1.44. The molecule has 0 fully saturated rings. The van der Waals surface area contributed by atoms with Crippen molar-refractivity contribution in [2.45, 2.75) is 25.9 Å². The largest absolute Gasteiger partial charge is 0.411 e. The number of alkyl halides is 3. The third kappa shape index (κ3) is 7.69. The Morgan fingerprint density at radius 2 is 1.68 bits per heavy atom. The summed E-state index contributed by atoms with van der Waals surface area (Å²) in [5.41, 5.74) is 3.70. The highest BCUT2D eigenvalue weighted by atomic mass is 32.1. The van der Waals surface area contributed by atoms with E-state index in [4.69, 9.17) is 0 Å². The highest BCUT2D eigenvalue weighted by Crippen LogP contribution is 2.21. The van der Waals surface area contributed by atoms with Crippen LogP contribution in [0.1, 0.15) is 16.1 Å². The molecule has 31 heavy (non-hydrogen) atoms. The van der Waals surface area contributed by atoms with Crippen LogP contribution in [0, 0.1) is 0 Å². The summed E-state index contributed by atoms with van der Waals surface area (Å²) >= 11 is 1.58. The van der Waals surface area contributed by atoms with Crippen molar-refractivity contribution in [3.8, 4) is 11.3 Å². The van der Waals surface area contributed by atoms with Crippen LogP contribution in [0.4, 0.5) is 13.2 Å². The fourth-order valence-corrected chi connectivity index (χ4v) is 3.48. The highest BCUT2D eigenvalue weighted by Gasteiger charge is 2.27. The van der Waals surface area contributed by atoms with Gasteiger partial charge in [-0.3, -0.25) is 4.99 Å². The Bertz CT molecular complexity index is 972. The van der Waals surface area contributed by atoms with Crippen LogP contribution < -0.4 is 10.6 Å². The fourth-order valence-electron chi connectivity index (χ4n) is 2.74. The van der Waals surface area contributed by atoms with Crippen LogP contribution in [-0.4, -0.2) is 30.8 Å². The first kappa shape index (κ1) is 22.8. The van der Waals surface area contributed by atoms with E-state index in [-0.39, 0.29) is 6.61 Å². The molecule has 5 nitrogen and oxygen atoms in total. The molecule has 0 atom stereocenters. The number of rotatable bonds is 8. The molecule has 3 rings (SSSR count). The number of halogens is 3. The first-order valence-corrected chi connectivity index (χ1v) is 10.5. The standard InChI is InChI=1S/C22H23F3N4OS/c1-26-21(28-12-20-29-19(14-31-20)18-5-3-2-4-6-18)27-11-16-7-9-17(10-8-16)13-30-15-22(23,24)25/h2-10,14H,11-13,15H2,1H3,(H2,26,27,28). The van der Waals surface area contributed by atoms with Gasteiger partial charge < -0.3 is 15.4 Å². The molecule has 0 saturated carbocycles. The van der Waals surface area contributed by atoms with Crippen LogP contribution in [0.15, 0.2) is 65.0 Å². The summed E-state index contributed by atoms with van der Waals surface area (Å²) in [4.78, 5) is 8.85. The van der Waals surface area contributed by atoms with Gasteiger partial charge in [0.25, 0.3) is 0 Å². The van der Waals surface area contributed by atoms with Crippen LogP contribution in [-0.2, 0) is 24.4 Å². The predicted octanol–water partition coefficient (Wildman–Crippen LogP) is 4.75. The topological polar surface area (TPSA) is 58.5 Å².